The lowest BCUT2D eigenvalue weighted by atomic mass is 9.80. The quantitative estimate of drug-likeness (QED) is 0.713. The minimum atomic E-state index is 0.0892. The van der Waals surface area contributed by atoms with Crippen LogP contribution in [0, 0.1) is 0 Å². The fourth-order valence-corrected chi connectivity index (χ4v) is 1.99. The lowest BCUT2D eigenvalue weighted by molar-refractivity contribution is -0.0668. The van der Waals surface area contributed by atoms with Crippen molar-refractivity contribution in [1.82, 2.24) is 10.2 Å². The van der Waals surface area contributed by atoms with Crippen molar-refractivity contribution in [3.05, 3.63) is 0 Å². The van der Waals surface area contributed by atoms with Gasteiger partial charge in [-0.15, -0.1) is 0 Å². The van der Waals surface area contributed by atoms with Crippen molar-refractivity contribution in [1.29, 1.82) is 0 Å². The number of nitrogens with one attached hydrogen (secondary N) is 1. The van der Waals surface area contributed by atoms with Gasteiger partial charge in [-0.05, 0) is 19.3 Å². The Bertz CT molecular complexity index is 230. The van der Waals surface area contributed by atoms with E-state index in [2.05, 4.69) is 22.3 Å². The van der Waals surface area contributed by atoms with Crippen LogP contribution in [0.2, 0.25) is 0 Å². The Morgan fingerprint density at radius 1 is 1.57 bits per heavy atom. The van der Waals surface area contributed by atoms with Crippen molar-refractivity contribution < 1.29 is 4.74 Å². The molecule has 2 rings (SSSR count). The predicted molar refractivity (Wildman–Crippen MR) is 56.5 cm³/mol. The molecule has 0 aromatic heterocycles. The van der Waals surface area contributed by atoms with Gasteiger partial charge in [0.1, 0.15) is 0 Å². The van der Waals surface area contributed by atoms with E-state index in [1.165, 1.54) is 19.3 Å². The van der Waals surface area contributed by atoms with Gasteiger partial charge in [-0.1, -0.05) is 0 Å². The van der Waals surface area contributed by atoms with Crippen molar-refractivity contribution in [2.24, 2.45) is 4.99 Å². The van der Waals surface area contributed by atoms with Crippen LogP contribution in [-0.4, -0.2) is 50.3 Å². The molecule has 2 aliphatic rings. The summed E-state index contributed by atoms with van der Waals surface area (Å²) in [6.45, 7) is 2.84. The Hall–Kier alpha value is -0.770. The van der Waals surface area contributed by atoms with E-state index in [9.17, 15) is 0 Å². The van der Waals surface area contributed by atoms with Gasteiger partial charge in [0.05, 0.1) is 12.1 Å². The Morgan fingerprint density at radius 2 is 2.36 bits per heavy atom. The molecule has 0 spiro atoms. The molecule has 14 heavy (non-hydrogen) atoms. The third kappa shape index (κ3) is 1.71. The number of likely N-dealkylation sites (N-methyl/N-ethyl adjacent to an activating group) is 1. The van der Waals surface area contributed by atoms with Gasteiger partial charge in [0.15, 0.2) is 5.96 Å². The molecule has 0 saturated heterocycles. The maximum atomic E-state index is 5.53. The third-order valence-electron chi connectivity index (χ3n) is 3.33. The first-order chi connectivity index (χ1) is 6.76. The molecule has 1 aliphatic carbocycles. The van der Waals surface area contributed by atoms with Crippen molar-refractivity contribution in [2.45, 2.75) is 24.9 Å². The fraction of sp³-hybridized carbons (Fsp3) is 0.900. The second kappa shape index (κ2) is 3.77. The molecule has 80 valence electrons. The Morgan fingerprint density at radius 3 is 2.79 bits per heavy atom. The second-order valence-corrected chi connectivity index (χ2v) is 4.22. The van der Waals surface area contributed by atoms with Crippen molar-refractivity contribution in [2.75, 3.05) is 33.8 Å². The van der Waals surface area contributed by atoms with E-state index in [1.807, 2.05) is 0 Å². The van der Waals surface area contributed by atoms with Gasteiger partial charge < -0.3 is 15.0 Å². The molecule has 1 fully saturated rings. The van der Waals surface area contributed by atoms with Crippen LogP contribution in [0.15, 0.2) is 4.99 Å². The average Bonchev–Trinajstić information content (AvgIpc) is 2.51. The number of hydrogen-bond donors (Lipinski definition) is 1. The molecule has 4 nitrogen and oxygen atoms in total. The normalized spacial score (nSPS) is 24.4. The van der Waals surface area contributed by atoms with Crippen molar-refractivity contribution in [3.8, 4) is 0 Å². The summed E-state index contributed by atoms with van der Waals surface area (Å²) in [4.78, 5) is 6.54. The first-order valence-electron chi connectivity index (χ1n) is 5.30. The molecule has 0 radical (unpaired) electrons. The number of rotatable bonds is 3. The summed E-state index contributed by atoms with van der Waals surface area (Å²) >= 11 is 0. The lowest BCUT2D eigenvalue weighted by Gasteiger charge is -2.41. The van der Waals surface area contributed by atoms with Crippen LogP contribution in [0.25, 0.3) is 0 Å². The molecule has 0 bridgehead atoms. The summed E-state index contributed by atoms with van der Waals surface area (Å²) in [7, 11) is 3.88. The predicted octanol–water partition coefficient (Wildman–Crippen LogP) is 0.446. The molecule has 1 N–H and O–H groups in total. The maximum absolute atomic E-state index is 5.53. The van der Waals surface area contributed by atoms with E-state index in [0.29, 0.717) is 0 Å². The molecule has 0 aromatic carbocycles. The highest BCUT2D eigenvalue weighted by Crippen LogP contribution is 2.34. The first kappa shape index (κ1) is 9.77. The van der Waals surface area contributed by atoms with E-state index >= 15 is 0 Å². The maximum Gasteiger partial charge on any atom is 0.193 e. The van der Waals surface area contributed by atoms with Gasteiger partial charge in [-0.2, -0.15) is 0 Å². The zero-order valence-electron chi connectivity index (χ0n) is 9.05. The summed E-state index contributed by atoms with van der Waals surface area (Å²) in [5, 5.41) is 3.38. The second-order valence-electron chi connectivity index (χ2n) is 4.22. The first-order valence-corrected chi connectivity index (χ1v) is 5.30. The lowest BCUT2D eigenvalue weighted by Crippen LogP contribution is -2.51. The topological polar surface area (TPSA) is 36.9 Å². The zero-order valence-corrected chi connectivity index (χ0v) is 9.05. The zero-order chi connectivity index (χ0) is 10.0. The van der Waals surface area contributed by atoms with Crippen molar-refractivity contribution >= 4 is 5.96 Å². The van der Waals surface area contributed by atoms with E-state index in [0.717, 1.165) is 25.6 Å². The van der Waals surface area contributed by atoms with Crippen LogP contribution in [-0.2, 0) is 4.74 Å². The molecule has 1 saturated carbocycles. The smallest absolute Gasteiger partial charge is 0.193 e. The Labute approximate surface area is 85.3 Å². The standard InChI is InChI=1S/C10H19N3O/c1-13-7-6-11-9(13)12-8-10(14-2)4-3-5-10/h3-8H2,1-2H3,(H,11,12). The van der Waals surface area contributed by atoms with Crippen LogP contribution >= 0.6 is 0 Å². The molecule has 1 heterocycles. The van der Waals surface area contributed by atoms with Crippen LogP contribution in [0.4, 0.5) is 0 Å². The van der Waals surface area contributed by atoms with Gasteiger partial charge in [0.25, 0.3) is 0 Å². The van der Waals surface area contributed by atoms with Crippen LogP contribution < -0.4 is 5.32 Å². The highest BCUT2D eigenvalue weighted by molar-refractivity contribution is 5.81. The molecule has 0 aromatic rings. The number of nitrogens with zero attached hydrogens (tertiary/aromatic N) is 2. The average molecular weight is 197 g/mol. The van der Waals surface area contributed by atoms with E-state index in [1.54, 1.807) is 7.11 Å². The van der Waals surface area contributed by atoms with E-state index in [4.69, 9.17) is 4.74 Å². The minimum absolute atomic E-state index is 0.0892. The summed E-state index contributed by atoms with van der Waals surface area (Å²) in [5.74, 6) is 1.02. The third-order valence-corrected chi connectivity index (χ3v) is 3.33. The summed E-state index contributed by atoms with van der Waals surface area (Å²) in [6.07, 6.45) is 3.64. The van der Waals surface area contributed by atoms with Gasteiger partial charge in [-0.25, -0.2) is 0 Å². The minimum Gasteiger partial charge on any atom is -0.376 e. The van der Waals surface area contributed by atoms with Crippen molar-refractivity contribution in [3.63, 3.8) is 0 Å². The number of aliphatic imine (C=N–C) groups is 1. The molecule has 0 amide bonds. The molecule has 1 aliphatic heterocycles. The molecule has 4 heteroatoms. The molecule has 0 atom stereocenters. The van der Waals surface area contributed by atoms with Gasteiger partial charge in [0.2, 0.25) is 0 Å². The monoisotopic (exact) mass is 197 g/mol. The van der Waals surface area contributed by atoms with Crippen LogP contribution in [0.5, 0.6) is 0 Å². The molecular weight excluding hydrogens is 178 g/mol. The summed E-state index contributed by atoms with van der Waals surface area (Å²) in [5.41, 5.74) is 0.0892. The fourth-order valence-electron chi connectivity index (χ4n) is 1.99. The van der Waals surface area contributed by atoms with E-state index in [-0.39, 0.29) is 5.60 Å². The molecular formula is C10H19N3O. The largest absolute Gasteiger partial charge is 0.376 e. The highest BCUT2D eigenvalue weighted by Gasteiger charge is 2.37. The van der Waals surface area contributed by atoms with Crippen LogP contribution in [0.1, 0.15) is 19.3 Å². The van der Waals surface area contributed by atoms with Crippen LogP contribution in [0.3, 0.4) is 0 Å². The SMILES string of the molecule is COC1(CNC2=NCCN2C)CCC1. The number of hydrogen-bond acceptors (Lipinski definition) is 4. The highest BCUT2D eigenvalue weighted by atomic mass is 16.5. The summed E-state index contributed by atoms with van der Waals surface area (Å²) < 4.78 is 5.53. The number of methoxy groups -OCH3 is 1. The Balaban J connectivity index is 1.81. The molecule has 0 unspecified atom stereocenters. The van der Waals surface area contributed by atoms with Gasteiger partial charge >= 0.3 is 0 Å². The van der Waals surface area contributed by atoms with E-state index < -0.39 is 0 Å². The van der Waals surface area contributed by atoms with Gasteiger partial charge in [0, 0.05) is 27.2 Å². The number of ether oxygens (including phenoxy) is 1. The van der Waals surface area contributed by atoms with Gasteiger partial charge in [-0.3, -0.25) is 4.99 Å². The number of guanidine groups is 1. The summed E-state index contributed by atoms with van der Waals surface area (Å²) in [6, 6.07) is 0. The Kier molecular flexibility index (Phi) is 2.63.